The highest BCUT2D eigenvalue weighted by Gasteiger charge is 2.14. The number of Topliss-reactive ketones (excluding diaryl/α,β-unsaturated/α-hetero) is 1. The van der Waals surface area contributed by atoms with Crippen molar-refractivity contribution in [3.8, 4) is 5.75 Å². The van der Waals surface area contributed by atoms with Crippen molar-refractivity contribution in [2.45, 2.75) is 19.5 Å². The molecule has 0 heterocycles. The minimum absolute atomic E-state index is 0.0337. The molecule has 13 heavy (non-hydrogen) atoms. The van der Waals surface area contributed by atoms with Gasteiger partial charge in [-0.2, -0.15) is 0 Å². The lowest BCUT2D eigenvalue weighted by Crippen LogP contribution is -2.14. The van der Waals surface area contributed by atoms with E-state index in [4.69, 9.17) is 0 Å². The fraction of sp³-hybridized carbons (Fsp3) is 0.300. The monoisotopic (exact) mass is 182 g/mol. The van der Waals surface area contributed by atoms with Crippen LogP contribution in [0.1, 0.15) is 12.5 Å². The van der Waals surface area contributed by atoms with Crippen LogP contribution in [-0.2, 0) is 11.2 Å². The number of aromatic hydroxyl groups is 1. The van der Waals surface area contributed by atoms with Crippen molar-refractivity contribution >= 4 is 5.78 Å². The number of benzene rings is 1. The van der Waals surface area contributed by atoms with Gasteiger partial charge in [0.2, 0.25) is 0 Å². The third-order valence-electron chi connectivity index (χ3n) is 1.83. The molecular formula is C10H11FO2. The van der Waals surface area contributed by atoms with E-state index in [1.807, 2.05) is 0 Å². The van der Waals surface area contributed by atoms with Crippen LogP contribution in [0.3, 0.4) is 0 Å². The van der Waals surface area contributed by atoms with E-state index < -0.39 is 12.0 Å². The molecule has 0 saturated heterocycles. The second-order valence-electron chi connectivity index (χ2n) is 2.91. The molecule has 1 rings (SSSR count). The fourth-order valence-corrected chi connectivity index (χ4v) is 1.02. The Labute approximate surface area is 76.0 Å². The second-order valence-corrected chi connectivity index (χ2v) is 2.91. The van der Waals surface area contributed by atoms with E-state index in [-0.39, 0.29) is 12.2 Å². The van der Waals surface area contributed by atoms with Gasteiger partial charge in [0.15, 0.2) is 12.0 Å². The Kier molecular flexibility index (Phi) is 3.01. The molecule has 3 heteroatoms. The standard InChI is InChI=1S/C10H11FO2/c1-7(12)9(11)6-8-4-2-3-5-10(8)13/h2-5,9,13H,6H2,1H3. The van der Waals surface area contributed by atoms with E-state index in [1.54, 1.807) is 18.2 Å². The lowest BCUT2D eigenvalue weighted by molar-refractivity contribution is -0.121. The van der Waals surface area contributed by atoms with Gasteiger partial charge in [-0.1, -0.05) is 18.2 Å². The maximum atomic E-state index is 12.9. The molecule has 1 N–H and O–H groups in total. The average molecular weight is 182 g/mol. The molecular weight excluding hydrogens is 171 g/mol. The highest BCUT2D eigenvalue weighted by molar-refractivity contribution is 5.80. The van der Waals surface area contributed by atoms with E-state index in [0.29, 0.717) is 5.56 Å². The summed E-state index contributed by atoms with van der Waals surface area (Å²) in [6.45, 7) is 1.20. The summed E-state index contributed by atoms with van der Waals surface area (Å²) < 4.78 is 12.9. The van der Waals surface area contributed by atoms with Crippen LogP contribution < -0.4 is 0 Å². The number of hydrogen-bond donors (Lipinski definition) is 1. The number of hydrogen-bond acceptors (Lipinski definition) is 2. The predicted molar refractivity (Wildman–Crippen MR) is 47.4 cm³/mol. The number of halogens is 1. The molecule has 0 fully saturated rings. The molecule has 1 aromatic carbocycles. The SMILES string of the molecule is CC(=O)C(F)Cc1ccccc1O. The Balaban J connectivity index is 2.74. The van der Waals surface area contributed by atoms with Gasteiger partial charge >= 0.3 is 0 Å². The van der Waals surface area contributed by atoms with Crippen molar-refractivity contribution in [1.82, 2.24) is 0 Å². The number of ketones is 1. The number of para-hydroxylation sites is 1. The summed E-state index contributed by atoms with van der Waals surface area (Å²) in [5.74, 6) is -0.477. The second kappa shape index (κ2) is 4.03. The number of rotatable bonds is 3. The van der Waals surface area contributed by atoms with Crippen molar-refractivity contribution in [1.29, 1.82) is 0 Å². The van der Waals surface area contributed by atoms with Crippen LogP contribution in [0, 0.1) is 0 Å². The Morgan fingerprint density at radius 2 is 2.15 bits per heavy atom. The zero-order valence-corrected chi connectivity index (χ0v) is 7.33. The quantitative estimate of drug-likeness (QED) is 0.774. The molecule has 0 saturated carbocycles. The summed E-state index contributed by atoms with van der Waals surface area (Å²) in [5, 5.41) is 9.26. The fourth-order valence-electron chi connectivity index (χ4n) is 1.02. The summed E-state index contributed by atoms with van der Waals surface area (Å²) in [6, 6.07) is 6.43. The first-order valence-corrected chi connectivity index (χ1v) is 4.02. The lowest BCUT2D eigenvalue weighted by Gasteiger charge is -2.05. The van der Waals surface area contributed by atoms with Gasteiger partial charge in [-0.15, -0.1) is 0 Å². The molecule has 0 aromatic heterocycles. The number of phenols is 1. The van der Waals surface area contributed by atoms with Gasteiger partial charge in [-0.05, 0) is 18.6 Å². The highest BCUT2D eigenvalue weighted by Crippen LogP contribution is 2.18. The highest BCUT2D eigenvalue weighted by atomic mass is 19.1. The van der Waals surface area contributed by atoms with E-state index in [9.17, 15) is 14.3 Å². The smallest absolute Gasteiger partial charge is 0.164 e. The van der Waals surface area contributed by atoms with Gasteiger partial charge in [0.05, 0.1) is 0 Å². The lowest BCUT2D eigenvalue weighted by atomic mass is 10.1. The molecule has 1 atom stereocenters. The molecule has 0 aliphatic rings. The van der Waals surface area contributed by atoms with Crippen molar-refractivity contribution < 1.29 is 14.3 Å². The largest absolute Gasteiger partial charge is 0.508 e. The van der Waals surface area contributed by atoms with Gasteiger partial charge in [0.25, 0.3) is 0 Å². The Morgan fingerprint density at radius 3 is 2.69 bits per heavy atom. The molecule has 0 radical (unpaired) electrons. The van der Waals surface area contributed by atoms with Gasteiger partial charge in [0, 0.05) is 6.42 Å². The van der Waals surface area contributed by atoms with Crippen LogP contribution >= 0.6 is 0 Å². The third kappa shape index (κ3) is 2.54. The molecule has 0 amide bonds. The molecule has 0 aliphatic carbocycles. The summed E-state index contributed by atoms with van der Waals surface area (Å²) in [5.41, 5.74) is 0.463. The molecule has 0 bridgehead atoms. The molecule has 1 unspecified atom stereocenters. The predicted octanol–water partition coefficient (Wildman–Crippen LogP) is 1.86. The van der Waals surface area contributed by atoms with E-state index in [0.717, 1.165) is 0 Å². The Bertz CT molecular complexity index is 310. The van der Waals surface area contributed by atoms with Crippen molar-refractivity contribution in [2.75, 3.05) is 0 Å². The van der Waals surface area contributed by atoms with Crippen molar-refractivity contribution in [2.24, 2.45) is 0 Å². The first-order valence-electron chi connectivity index (χ1n) is 4.02. The van der Waals surface area contributed by atoms with Gasteiger partial charge < -0.3 is 5.11 Å². The van der Waals surface area contributed by atoms with Crippen LogP contribution in [0.2, 0.25) is 0 Å². The van der Waals surface area contributed by atoms with Crippen LogP contribution in [0.4, 0.5) is 4.39 Å². The number of carbonyl (C=O) groups is 1. The number of carbonyl (C=O) groups excluding carboxylic acids is 1. The van der Waals surface area contributed by atoms with Crippen LogP contribution in [0.15, 0.2) is 24.3 Å². The maximum Gasteiger partial charge on any atom is 0.164 e. The van der Waals surface area contributed by atoms with Crippen molar-refractivity contribution in [3.05, 3.63) is 29.8 Å². The summed E-state index contributed by atoms with van der Waals surface area (Å²) in [7, 11) is 0. The summed E-state index contributed by atoms with van der Waals surface area (Å²) in [6.07, 6.45) is -1.57. The van der Waals surface area contributed by atoms with Crippen LogP contribution in [0.5, 0.6) is 5.75 Å². The maximum absolute atomic E-state index is 12.9. The van der Waals surface area contributed by atoms with Crippen LogP contribution in [-0.4, -0.2) is 17.1 Å². The topological polar surface area (TPSA) is 37.3 Å². The zero-order chi connectivity index (χ0) is 9.84. The number of phenolic OH excluding ortho intramolecular Hbond substituents is 1. The van der Waals surface area contributed by atoms with Gasteiger partial charge in [0.1, 0.15) is 5.75 Å². The minimum Gasteiger partial charge on any atom is -0.508 e. The van der Waals surface area contributed by atoms with E-state index in [2.05, 4.69) is 0 Å². The molecule has 1 aromatic rings. The first-order chi connectivity index (χ1) is 6.11. The average Bonchev–Trinajstić information content (AvgIpc) is 2.08. The van der Waals surface area contributed by atoms with E-state index in [1.165, 1.54) is 13.0 Å². The first kappa shape index (κ1) is 9.71. The summed E-state index contributed by atoms with van der Waals surface area (Å²) >= 11 is 0. The van der Waals surface area contributed by atoms with Gasteiger partial charge in [-0.3, -0.25) is 4.79 Å². The Hall–Kier alpha value is -1.38. The summed E-state index contributed by atoms with van der Waals surface area (Å²) in [4.78, 5) is 10.6. The van der Waals surface area contributed by atoms with Gasteiger partial charge in [-0.25, -0.2) is 4.39 Å². The molecule has 0 aliphatic heterocycles. The normalized spacial score (nSPS) is 12.5. The Morgan fingerprint density at radius 1 is 1.54 bits per heavy atom. The van der Waals surface area contributed by atoms with E-state index >= 15 is 0 Å². The molecule has 2 nitrogen and oxygen atoms in total. The van der Waals surface area contributed by atoms with Crippen LogP contribution in [0.25, 0.3) is 0 Å². The molecule has 70 valence electrons. The zero-order valence-electron chi connectivity index (χ0n) is 7.33. The minimum atomic E-state index is -1.52. The van der Waals surface area contributed by atoms with Crippen molar-refractivity contribution in [3.63, 3.8) is 0 Å². The number of alkyl halides is 1. The molecule has 0 spiro atoms. The third-order valence-corrected chi connectivity index (χ3v) is 1.83.